The third kappa shape index (κ3) is 1.82. The summed E-state index contributed by atoms with van der Waals surface area (Å²) >= 11 is 0. The van der Waals surface area contributed by atoms with Crippen LogP contribution in [0.5, 0.6) is 0 Å². The Labute approximate surface area is 97.5 Å². The van der Waals surface area contributed by atoms with Crippen molar-refractivity contribution in [3.63, 3.8) is 0 Å². The number of allylic oxidation sites excluding steroid dienone is 1. The first-order valence-electron chi connectivity index (χ1n) is 5.01. The van der Waals surface area contributed by atoms with Crippen LogP contribution >= 0.6 is 0 Å². The Morgan fingerprint density at radius 2 is 2.41 bits per heavy atom. The van der Waals surface area contributed by atoms with E-state index in [0.717, 1.165) is 16.5 Å². The maximum Gasteiger partial charge on any atom is 0.354 e. The first-order chi connectivity index (χ1) is 8.17. The summed E-state index contributed by atoms with van der Waals surface area (Å²) in [5, 5.41) is 9.68. The summed E-state index contributed by atoms with van der Waals surface area (Å²) in [5.74, 6) is -0.435. The van der Waals surface area contributed by atoms with E-state index < -0.39 is 5.97 Å². The van der Waals surface area contributed by atoms with E-state index in [1.165, 1.54) is 12.3 Å². The lowest BCUT2D eigenvalue weighted by Gasteiger charge is -1.95. The number of aromatic nitrogens is 2. The number of aromatic carboxylic acids is 1. The molecule has 0 radical (unpaired) electrons. The first-order valence-corrected chi connectivity index (χ1v) is 5.01. The summed E-state index contributed by atoms with van der Waals surface area (Å²) in [4.78, 5) is 21.6. The van der Waals surface area contributed by atoms with E-state index in [4.69, 9.17) is 5.11 Å². The Morgan fingerprint density at radius 3 is 3.00 bits per heavy atom. The van der Waals surface area contributed by atoms with Gasteiger partial charge in [0.05, 0.1) is 11.7 Å². The average molecular weight is 229 g/mol. The smallest absolute Gasteiger partial charge is 0.354 e. The zero-order valence-electron chi connectivity index (χ0n) is 9.27. The maximum atomic E-state index is 10.9. The third-order valence-electron chi connectivity index (χ3n) is 2.41. The molecular formula is C12H11N3O2. The molecule has 5 nitrogen and oxygen atoms in total. The third-order valence-corrected chi connectivity index (χ3v) is 2.41. The number of aromatic amines is 1. The molecule has 0 spiro atoms. The number of carboxylic acids is 1. The number of aliphatic imine (C=N–C) groups is 1. The molecule has 0 saturated heterocycles. The number of pyridine rings is 1. The lowest BCUT2D eigenvalue weighted by molar-refractivity contribution is 0.0691. The lowest BCUT2D eigenvalue weighted by atomic mass is 10.1. The summed E-state index contributed by atoms with van der Waals surface area (Å²) in [5.41, 5.74) is 1.57. The first kappa shape index (κ1) is 11.1. The Balaban J connectivity index is 2.77. The van der Waals surface area contributed by atoms with Crippen LogP contribution in [-0.4, -0.2) is 27.8 Å². The van der Waals surface area contributed by atoms with Gasteiger partial charge in [0, 0.05) is 10.9 Å². The Morgan fingerprint density at radius 1 is 1.65 bits per heavy atom. The van der Waals surface area contributed by atoms with Gasteiger partial charge in [-0.1, -0.05) is 12.2 Å². The molecule has 2 heterocycles. The van der Waals surface area contributed by atoms with Gasteiger partial charge >= 0.3 is 5.97 Å². The number of nitrogens with zero attached hydrogens (tertiary/aromatic N) is 2. The number of fused-ring (bicyclic) bond motifs is 1. The van der Waals surface area contributed by atoms with E-state index in [9.17, 15) is 4.79 Å². The topological polar surface area (TPSA) is 78.3 Å². The number of carboxylic acid groups (broad SMARTS) is 1. The highest BCUT2D eigenvalue weighted by molar-refractivity contribution is 5.98. The van der Waals surface area contributed by atoms with Crippen LogP contribution in [0.25, 0.3) is 17.0 Å². The molecule has 0 aliphatic heterocycles. The number of hydrogen-bond acceptors (Lipinski definition) is 3. The number of H-pyrrole nitrogens is 1. The minimum Gasteiger partial charge on any atom is -0.477 e. The van der Waals surface area contributed by atoms with Crippen LogP contribution in [0.1, 0.15) is 23.0 Å². The largest absolute Gasteiger partial charge is 0.477 e. The van der Waals surface area contributed by atoms with E-state index in [0.29, 0.717) is 5.82 Å². The van der Waals surface area contributed by atoms with Crippen molar-refractivity contribution in [2.45, 2.75) is 6.92 Å². The predicted octanol–water partition coefficient (Wildman–Crippen LogP) is 2.63. The average Bonchev–Trinajstić information content (AvgIpc) is 2.67. The van der Waals surface area contributed by atoms with E-state index >= 15 is 0 Å². The van der Waals surface area contributed by atoms with E-state index in [2.05, 4.69) is 21.7 Å². The van der Waals surface area contributed by atoms with Crippen molar-refractivity contribution in [1.82, 2.24) is 9.97 Å². The van der Waals surface area contributed by atoms with Crippen molar-refractivity contribution in [3.8, 4) is 0 Å². The summed E-state index contributed by atoms with van der Waals surface area (Å²) in [7, 11) is 0. The van der Waals surface area contributed by atoms with Crippen molar-refractivity contribution >= 4 is 35.5 Å². The zero-order chi connectivity index (χ0) is 12.4. The molecule has 0 atom stereocenters. The fourth-order valence-electron chi connectivity index (χ4n) is 1.68. The fourth-order valence-corrected chi connectivity index (χ4v) is 1.68. The summed E-state index contributed by atoms with van der Waals surface area (Å²) in [6, 6.07) is 1.53. The molecule has 0 aliphatic rings. The van der Waals surface area contributed by atoms with Crippen LogP contribution in [0.3, 0.4) is 0 Å². The van der Waals surface area contributed by atoms with Crippen molar-refractivity contribution in [2.75, 3.05) is 0 Å². The monoisotopic (exact) mass is 229 g/mol. The summed E-state index contributed by atoms with van der Waals surface area (Å²) in [6.07, 6.45) is 5.20. The summed E-state index contributed by atoms with van der Waals surface area (Å²) < 4.78 is 0. The summed E-state index contributed by atoms with van der Waals surface area (Å²) in [6.45, 7) is 5.35. The molecule has 2 aromatic rings. The van der Waals surface area contributed by atoms with Gasteiger partial charge in [-0.15, -0.1) is 0 Å². The van der Waals surface area contributed by atoms with Crippen LogP contribution in [0.2, 0.25) is 0 Å². The molecule has 0 fully saturated rings. The quantitative estimate of drug-likeness (QED) is 0.794. The molecule has 0 unspecified atom stereocenters. The molecule has 2 N–H and O–H groups in total. The van der Waals surface area contributed by atoms with Gasteiger partial charge in [-0.3, -0.25) is 0 Å². The SMILES string of the molecule is C=Nc1[nH]c2cnc(C(=O)O)cc2c1/C=C\C. The zero-order valence-corrected chi connectivity index (χ0v) is 9.27. The molecule has 0 aliphatic carbocycles. The van der Waals surface area contributed by atoms with Gasteiger partial charge in [0.15, 0.2) is 0 Å². The van der Waals surface area contributed by atoms with Gasteiger partial charge in [-0.25, -0.2) is 14.8 Å². The number of hydrogen-bond donors (Lipinski definition) is 2. The molecule has 0 bridgehead atoms. The van der Waals surface area contributed by atoms with Crippen LogP contribution in [0.15, 0.2) is 23.3 Å². The highest BCUT2D eigenvalue weighted by Crippen LogP contribution is 2.29. The highest BCUT2D eigenvalue weighted by Gasteiger charge is 2.12. The Kier molecular flexibility index (Phi) is 2.74. The van der Waals surface area contributed by atoms with Gasteiger partial charge in [-0.2, -0.15) is 0 Å². The molecule has 2 rings (SSSR count). The van der Waals surface area contributed by atoms with Gasteiger partial charge in [0.25, 0.3) is 0 Å². The number of carbonyl (C=O) groups is 1. The molecule has 0 aromatic carbocycles. The van der Waals surface area contributed by atoms with Crippen molar-refractivity contribution in [1.29, 1.82) is 0 Å². The van der Waals surface area contributed by atoms with Crippen LogP contribution in [-0.2, 0) is 0 Å². The molecule has 0 saturated carbocycles. The van der Waals surface area contributed by atoms with Crippen LogP contribution in [0.4, 0.5) is 5.82 Å². The minimum atomic E-state index is -1.05. The highest BCUT2D eigenvalue weighted by atomic mass is 16.4. The second-order valence-corrected chi connectivity index (χ2v) is 3.47. The van der Waals surface area contributed by atoms with Gasteiger partial charge in [0.2, 0.25) is 0 Å². The normalized spacial score (nSPS) is 11.1. The van der Waals surface area contributed by atoms with Crippen molar-refractivity contribution < 1.29 is 9.90 Å². The molecule has 5 heteroatoms. The molecule has 0 amide bonds. The van der Waals surface area contributed by atoms with E-state index in [1.807, 2.05) is 19.1 Å². The minimum absolute atomic E-state index is 0.0119. The lowest BCUT2D eigenvalue weighted by Crippen LogP contribution is -1.98. The second-order valence-electron chi connectivity index (χ2n) is 3.47. The van der Waals surface area contributed by atoms with Crippen LogP contribution in [0, 0.1) is 0 Å². The van der Waals surface area contributed by atoms with Gasteiger partial charge < -0.3 is 10.1 Å². The van der Waals surface area contributed by atoms with Gasteiger partial charge in [0.1, 0.15) is 11.5 Å². The molecule has 86 valence electrons. The van der Waals surface area contributed by atoms with Gasteiger partial charge in [-0.05, 0) is 19.7 Å². The second kappa shape index (κ2) is 4.21. The Hall–Kier alpha value is -2.43. The molecule has 17 heavy (non-hydrogen) atoms. The fraction of sp³-hybridized carbons (Fsp3) is 0.0833. The standard InChI is InChI=1S/C12H11N3O2/c1-3-4-7-8-5-9(12(16)17)14-6-10(8)15-11(7)13-2/h3-6,15H,2H2,1H3,(H,16,17)/b4-3-. The maximum absolute atomic E-state index is 10.9. The number of rotatable bonds is 3. The van der Waals surface area contributed by atoms with Crippen molar-refractivity contribution in [2.24, 2.45) is 4.99 Å². The number of nitrogens with one attached hydrogen (secondary N) is 1. The van der Waals surface area contributed by atoms with E-state index in [-0.39, 0.29) is 5.69 Å². The van der Waals surface area contributed by atoms with Crippen molar-refractivity contribution in [3.05, 3.63) is 29.6 Å². The molecule has 2 aromatic heterocycles. The van der Waals surface area contributed by atoms with E-state index in [1.54, 1.807) is 0 Å². The van der Waals surface area contributed by atoms with Crippen LogP contribution < -0.4 is 0 Å². The molecular weight excluding hydrogens is 218 g/mol. The predicted molar refractivity (Wildman–Crippen MR) is 67.0 cm³/mol. The Bertz CT molecular complexity index is 626.